The van der Waals surface area contributed by atoms with Crippen molar-refractivity contribution in [1.82, 2.24) is 31.9 Å². The fourth-order valence-corrected chi connectivity index (χ4v) is 6.26. The van der Waals surface area contributed by atoms with Gasteiger partial charge in [-0.05, 0) is 62.1 Å². The molecule has 2 aromatic rings. The highest BCUT2D eigenvalue weighted by Gasteiger charge is 2.34. The number of rotatable bonds is 29. The lowest BCUT2D eigenvalue weighted by molar-refractivity contribution is -0.143. The van der Waals surface area contributed by atoms with Crippen LogP contribution < -0.4 is 43.4 Å². The number of carbonyl (C=O) groups excluding carboxylic acids is 6. The third kappa shape index (κ3) is 19.8. The Morgan fingerprint density at radius 2 is 0.887 bits per heavy atom. The Bertz CT molecular complexity index is 1810. The van der Waals surface area contributed by atoms with Crippen LogP contribution in [0.5, 0.6) is 0 Å². The molecule has 0 aliphatic carbocycles. The summed E-state index contributed by atoms with van der Waals surface area (Å²) in [4.78, 5) is 116. The topological polar surface area (TPSA) is 339 Å². The molecule has 0 unspecified atom stereocenters. The van der Waals surface area contributed by atoms with Crippen LogP contribution >= 0.6 is 0 Å². The van der Waals surface area contributed by atoms with E-state index >= 15 is 0 Å². The first-order valence-corrected chi connectivity index (χ1v) is 20.4. The third-order valence-corrected chi connectivity index (χ3v) is 9.50. The second-order valence-corrected chi connectivity index (χ2v) is 15.1. The first-order chi connectivity index (χ1) is 29.4. The van der Waals surface area contributed by atoms with E-state index in [2.05, 4.69) is 31.9 Å². The molecule has 0 saturated carbocycles. The number of hydrogen-bond acceptors (Lipinski definition) is 11. The predicted octanol–water partition coefficient (Wildman–Crippen LogP) is -0.671. The van der Waals surface area contributed by atoms with Crippen LogP contribution in [0.15, 0.2) is 60.7 Å². The summed E-state index contributed by atoms with van der Waals surface area (Å²) in [6.07, 6.45) is -1.07. The van der Waals surface area contributed by atoms with Crippen molar-refractivity contribution in [2.75, 3.05) is 13.1 Å². The molecule has 0 spiro atoms. The third-order valence-electron chi connectivity index (χ3n) is 9.50. The minimum atomic E-state index is -1.53. The number of unbranched alkanes of at least 4 members (excludes halogenated alkanes) is 1. The molecule has 6 amide bonds. The van der Waals surface area contributed by atoms with Crippen molar-refractivity contribution in [3.8, 4) is 0 Å². The summed E-state index contributed by atoms with van der Waals surface area (Å²) in [6.45, 7) is 3.37. The van der Waals surface area contributed by atoms with Gasteiger partial charge in [-0.2, -0.15) is 0 Å². The van der Waals surface area contributed by atoms with E-state index in [-0.39, 0.29) is 38.0 Å². The maximum Gasteiger partial charge on any atom is 0.326 e. The molecule has 0 aromatic heterocycles. The number of hydrogen-bond donors (Lipinski definition) is 11. The highest BCUT2D eigenvalue weighted by molar-refractivity contribution is 5.97. The number of aliphatic carboxylic acids is 3. The largest absolute Gasteiger partial charge is 0.481 e. The molecule has 0 bridgehead atoms. The van der Waals surface area contributed by atoms with Gasteiger partial charge >= 0.3 is 17.9 Å². The van der Waals surface area contributed by atoms with Crippen LogP contribution in [0.1, 0.15) is 76.3 Å². The van der Waals surface area contributed by atoms with Gasteiger partial charge in [-0.15, -0.1) is 0 Å². The molecule has 13 N–H and O–H groups in total. The molecule has 2 aromatic carbocycles. The predicted molar refractivity (Wildman–Crippen MR) is 225 cm³/mol. The van der Waals surface area contributed by atoms with Crippen LogP contribution in [0.4, 0.5) is 0 Å². The van der Waals surface area contributed by atoms with E-state index in [4.69, 9.17) is 11.5 Å². The van der Waals surface area contributed by atoms with Gasteiger partial charge in [0, 0.05) is 25.7 Å². The van der Waals surface area contributed by atoms with E-state index in [9.17, 15) is 58.5 Å². The maximum atomic E-state index is 14.3. The molecule has 0 radical (unpaired) electrons. The van der Waals surface area contributed by atoms with Crippen LogP contribution in [-0.2, 0) is 56.0 Å². The van der Waals surface area contributed by atoms with Gasteiger partial charge in [0.2, 0.25) is 35.4 Å². The minimum absolute atomic E-state index is 0.0247. The summed E-state index contributed by atoms with van der Waals surface area (Å²) in [6, 6.07) is 8.74. The standard InChI is InChI=1S/C42H60N8O12/c1-25(2)21-31(48-37(56)28(16-18-35(52)53)45-34(51)24-44)39(58)49-33(23-27-13-7-4-8-14-27)41(60)50-32(22-26-11-5-3-6-12-26)40(59)46-29(17-19-36(54)55)38(57)47-30(42(61)62)15-9-10-20-43/h3-8,11-14,25,28-33H,9-10,15-24,43-44H2,1-2H3,(H,45,51)(H,46,59)(H,47,57)(H,48,56)(H,49,58)(H,50,60)(H,52,53)(H,54,55)(H,61,62)/t28-,29-,30-,31-,32-,33-/m0/s1. The van der Waals surface area contributed by atoms with Crippen LogP contribution in [0.3, 0.4) is 0 Å². The monoisotopic (exact) mass is 868 g/mol. The van der Waals surface area contributed by atoms with Crippen molar-refractivity contribution in [3.05, 3.63) is 71.8 Å². The number of carboxylic acid groups (broad SMARTS) is 3. The van der Waals surface area contributed by atoms with Gasteiger partial charge in [0.15, 0.2) is 0 Å². The Morgan fingerprint density at radius 1 is 0.500 bits per heavy atom. The van der Waals surface area contributed by atoms with Gasteiger partial charge in [-0.3, -0.25) is 38.4 Å². The second kappa shape index (κ2) is 27.4. The molecule has 340 valence electrons. The fraction of sp³-hybridized carbons (Fsp3) is 0.500. The van der Waals surface area contributed by atoms with Crippen molar-refractivity contribution in [2.24, 2.45) is 17.4 Å². The van der Waals surface area contributed by atoms with Crippen LogP contribution in [0.2, 0.25) is 0 Å². The van der Waals surface area contributed by atoms with E-state index < -0.39 is 115 Å². The summed E-state index contributed by atoms with van der Waals surface area (Å²) in [5.41, 5.74) is 12.1. The van der Waals surface area contributed by atoms with E-state index in [1.54, 1.807) is 74.5 Å². The highest BCUT2D eigenvalue weighted by Crippen LogP contribution is 2.12. The van der Waals surface area contributed by atoms with Gasteiger partial charge in [-0.25, -0.2) is 4.79 Å². The number of amides is 6. The molecule has 20 heteroatoms. The van der Waals surface area contributed by atoms with Crippen molar-refractivity contribution >= 4 is 53.4 Å². The molecule has 0 heterocycles. The molecule has 2 rings (SSSR count). The normalized spacial score (nSPS) is 13.8. The molecule has 0 aliphatic heterocycles. The zero-order chi connectivity index (χ0) is 46.2. The van der Waals surface area contributed by atoms with Crippen molar-refractivity contribution in [2.45, 2.75) is 114 Å². The van der Waals surface area contributed by atoms with Crippen LogP contribution in [0.25, 0.3) is 0 Å². The molecule has 0 saturated heterocycles. The fourth-order valence-electron chi connectivity index (χ4n) is 6.26. The van der Waals surface area contributed by atoms with Gasteiger partial charge < -0.3 is 58.7 Å². The number of carboxylic acids is 3. The second-order valence-electron chi connectivity index (χ2n) is 15.1. The first-order valence-electron chi connectivity index (χ1n) is 20.4. The van der Waals surface area contributed by atoms with Crippen LogP contribution in [-0.4, -0.2) is 118 Å². The summed E-state index contributed by atoms with van der Waals surface area (Å²) >= 11 is 0. The van der Waals surface area contributed by atoms with E-state index in [0.717, 1.165) is 0 Å². The van der Waals surface area contributed by atoms with Gasteiger partial charge in [-0.1, -0.05) is 74.5 Å². The molecular weight excluding hydrogens is 809 g/mol. The van der Waals surface area contributed by atoms with Crippen molar-refractivity contribution in [3.63, 3.8) is 0 Å². The van der Waals surface area contributed by atoms with Gasteiger partial charge in [0.25, 0.3) is 0 Å². The molecule has 0 fully saturated rings. The molecule has 20 nitrogen and oxygen atoms in total. The quantitative estimate of drug-likeness (QED) is 0.0452. The summed E-state index contributed by atoms with van der Waals surface area (Å²) in [7, 11) is 0. The average molecular weight is 869 g/mol. The number of benzene rings is 2. The smallest absolute Gasteiger partial charge is 0.326 e. The summed E-state index contributed by atoms with van der Waals surface area (Å²) in [5.74, 6) is -9.15. The number of nitrogens with two attached hydrogens (primary N) is 2. The Morgan fingerprint density at radius 3 is 1.29 bits per heavy atom. The summed E-state index contributed by atoms with van der Waals surface area (Å²) in [5, 5.41) is 43.5. The molecular formula is C42H60N8O12. The van der Waals surface area contributed by atoms with Crippen LogP contribution in [0, 0.1) is 5.92 Å². The van der Waals surface area contributed by atoms with Gasteiger partial charge in [0.05, 0.1) is 6.54 Å². The maximum absolute atomic E-state index is 14.3. The summed E-state index contributed by atoms with van der Waals surface area (Å²) < 4.78 is 0. The van der Waals surface area contributed by atoms with E-state index in [1.807, 2.05) is 0 Å². The highest BCUT2D eigenvalue weighted by atomic mass is 16.4. The minimum Gasteiger partial charge on any atom is -0.481 e. The zero-order valence-electron chi connectivity index (χ0n) is 35.0. The lowest BCUT2D eigenvalue weighted by Gasteiger charge is -2.28. The Balaban J connectivity index is 2.49. The van der Waals surface area contributed by atoms with Crippen molar-refractivity contribution in [1.29, 1.82) is 0 Å². The first kappa shape index (κ1) is 51.7. The van der Waals surface area contributed by atoms with Gasteiger partial charge in [0.1, 0.15) is 36.3 Å². The Hall–Kier alpha value is -6.41. The van der Waals surface area contributed by atoms with Crippen molar-refractivity contribution < 1.29 is 58.5 Å². The number of nitrogens with one attached hydrogen (secondary N) is 6. The molecule has 0 aliphatic rings. The SMILES string of the molecule is CC(C)C[C@H](NC(=O)[C@H](CCC(=O)O)NC(=O)CN)C(=O)N[C@@H](Cc1ccccc1)C(=O)N[C@@H](Cc1ccccc1)C(=O)N[C@@H](CCC(=O)O)C(=O)N[C@@H](CCCCN)C(=O)O. The molecule has 6 atom stereocenters. The number of carbonyl (C=O) groups is 9. The average Bonchev–Trinajstić information content (AvgIpc) is 3.22. The Kier molecular flexibility index (Phi) is 22.9. The lowest BCUT2D eigenvalue weighted by Crippen LogP contribution is -2.60. The zero-order valence-corrected chi connectivity index (χ0v) is 35.0. The Labute approximate surface area is 359 Å². The van der Waals surface area contributed by atoms with E-state index in [1.165, 1.54) is 0 Å². The van der Waals surface area contributed by atoms with E-state index in [0.29, 0.717) is 30.5 Å². The lowest BCUT2D eigenvalue weighted by atomic mass is 9.99. The molecule has 62 heavy (non-hydrogen) atoms.